The van der Waals surface area contributed by atoms with E-state index in [4.69, 9.17) is 9.94 Å². The number of carbonyl (C=O) groups excluding carboxylic acids is 2. The standard InChI is InChI=1S/C19H27N3O6S/c1-28-15-5-7-16(8-6-15)29(26,27)22-12-9-14(13-17(22)18(23)20-25)19(24)21-10-3-2-4-11-21/h5-8,14,17,25H,2-4,9-13H2,1H3,(H,20,23)/t14-,17-/m1/s1. The van der Waals surface area contributed by atoms with Crippen LogP contribution in [0.15, 0.2) is 29.2 Å². The number of piperidine rings is 2. The van der Waals surface area contributed by atoms with Crippen molar-refractivity contribution < 1.29 is 28.0 Å². The quantitative estimate of drug-likeness (QED) is 0.537. The number of nitrogens with one attached hydrogen (secondary N) is 1. The van der Waals surface area contributed by atoms with Crippen LogP contribution in [0.3, 0.4) is 0 Å². The number of carbonyl (C=O) groups is 2. The number of sulfonamides is 1. The third-order valence-electron chi connectivity index (χ3n) is 5.65. The first-order valence-corrected chi connectivity index (χ1v) is 11.2. The van der Waals surface area contributed by atoms with Crippen molar-refractivity contribution in [1.82, 2.24) is 14.7 Å². The van der Waals surface area contributed by atoms with Crippen LogP contribution in [-0.4, -0.2) is 67.4 Å². The van der Waals surface area contributed by atoms with Crippen molar-refractivity contribution >= 4 is 21.8 Å². The van der Waals surface area contributed by atoms with E-state index in [2.05, 4.69) is 0 Å². The Balaban J connectivity index is 1.81. The van der Waals surface area contributed by atoms with E-state index < -0.39 is 27.9 Å². The molecule has 2 amide bonds. The van der Waals surface area contributed by atoms with Crippen molar-refractivity contribution in [2.24, 2.45) is 5.92 Å². The molecule has 2 heterocycles. The molecule has 2 aliphatic heterocycles. The minimum Gasteiger partial charge on any atom is -0.497 e. The van der Waals surface area contributed by atoms with Crippen LogP contribution in [0.4, 0.5) is 0 Å². The van der Waals surface area contributed by atoms with E-state index in [9.17, 15) is 18.0 Å². The van der Waals surface area contributed by atoms with Crippen molar-refractivity contribution in [3.05, 3.63) is 24.3 Å². The summed E-state index contributed by atoms with van der Waals surface area (Å²) in [6.07, 6.45) is 3.38. The SMILES string of the molecule is COc1ccc(S(=O)(=O)N2CC[C@@H](C(=O)N3CCCCC3)C[C@@H]2C(=O)NO)cc1. The molecule has 0 aliphatic carbocycles. The lowest BCUT2D eigenvalue weighted by Crippen LogP contribution is -2.55. The Morgan fingerprint density at radius 1 is 1.10 bits per heavy atom. The normalized spacial score (nSPS) is 23.4. The minimum absolute atomic E-state index is 0.0230. The van der Waals surface area contributed by atoms with Crippen molar-refractivity contribution in [1.29, 1.82) is 0 Å². The maximum atomic E-state index is 13.1. The molecule has 160 valence electrons. The molecule has 3 rings (SSSR count). The van der Waals surface area contributed by atoms with Gasteiger partial charge in [-0.05, 0) is 56.4 Å². The van der Waals surface area contributed by atoms with E-state index in [1.54, 1.807) is 10.4 Å². The highest BCUT2D eigenvalue weighted by Crippen LogP contribution is 2.31. The molecule has 0 spiro atoms. The number of hydrogen-bond acceptors (Lipinski definition) is 6. The zero-order valence-electron chi connectivity index (χ0n) is 16.4. The number of rotatable bonds is 5. The largest absolute Gasteiger partial charge is 0.497 e. The van der Waals surface area contributed by atoms with Crippen LogP contribution in [0.5, 0.6) is 5.75 Å². The van der Waals surface area contributed by atoms with E-state index >= 15 is 0 Å². The topological polar surface area (TPSA) is 116 Å². The molecule has 2 saturated heterocycles. The van der Waals surface area contributed by atoms with Crippen LogP contribution in [0.2, 0.25) is 0 Å². The summed E-state index contributed by atoms with van der Waals surface area (Å²) in [5, 5.41) is 9.15. The summed E-state index contributed by atoms with van der Waals surface area (Å²) in [6, 6.07) is 4.72. The lowest BCUT2D eigenvalue weighted by molar-refractivity contribution is -0.141. The van der Waals surface area contributed by atoms with Crippen LogP contribution in [-0.2, 0) is 19.6 Å². The minimum atomic E-state index is -3.98. The molecule has 9 nitrogen and oxygen atoms in total. The van der Waals surface area contributed by atoms with Crippen molar-refractivity contribution in [2.45, 2.75) is 43.0 Å². The fourth-order valence-electron chi connectivity index (χ4n) is 4.02. The van der Waals surface area contributed by atoms with E-state index in [0.717, 1.165) is 23.6 Å². The average molecular weight is 426 g/mol. The number of ether oxygens (including phenoxy) is 1. The highest BCUT2D eigenvalue weighted by atomic mass is 32.2. The highest BCUT2D eigenvalue weighted by molar-refractivity contribution is 7.89. The number of amides is 2. The Kier molecular flexibility index (Phi) is 6.76. The zero-order valence-corrected chi connectivity index (χ0v) is 17.2. The van der Waals surface area contributed by atoms with Gasteiger partial charge in [-0.25, -0.2) is 13.9 Å². The van der Waals surface area contributed by atoms with Crippen molar-refractivity contribution in [2.75, 3.05) is 26.7 Å². The van der Waals surface area contributed by atoms with Gasteiger partial charge in [-0.15, -0.1) is 0 Å². The second-order valence-corrected chi connectivity index (χ2v) is 9.28. The molecule has 2 N–H and O–H groups in total. The third-order valence-corrected chi connectivity index (χ3v) is 7.57. The third kappa shape index (κ3) is 4.54. The molecule has 2 aliphatic rings. The summed E-state index contributed by atoms with van der Waals surface area (Å²) < 4.78 is 32.4. The molecule has 0 radical (unpaired) electrons. The van der Waals surface area contributed by atoms with E-state index in [1.807, 2.05) is 0 Å². The van der Waals surface area contributed by atoms with Gasteiger partial charge in [-0.3, -0.25) is 14.8 Å². The molecule has 29 heavy (non-hydrogen) atoms. The lowest BCUT2D eigenvalue weighted by atomic mass is 9.90. The Bertz CT molecular complexity index is 836. The molecule has 2 fully saturated rings. The maximum Gasteiger partial charge on any atom is 0.261 e. The van der Waals surface area contributed by atoms with E-state index in [-0.39, 0.29) is 23.8 Å². The Hall–Kier alpha value is -2.17. The number of benzene rings is 1. The summed E-state index contributed by atoms with van der Waals surface area (Å²) in [7, 11) is -2.50. The van der Waals surface area contributed by atoms with Gasteiger partial charge in [-0.2, -0.15) is 4.31 Å². The first-order chi connectivity index (χ1) is 13.9. The van der Waals surface area contributed by atoms with Gasteiger partial charge in [0.15, 0.2) is 0 Å². The maximum absolute atomic E-state index is 13.1. The number of hydrogen-bond donors (Lipinski definition) is 2. The second-order valence-electron chi connectivity index (χ2n) is 7.39. The van der Waals surface area contributed by atoms with Crippen molar-refractivity contribution in [3.63, 3.8) is 0 Å². The van der Waals surface area contributed by atoms with E-state index in [0.29, 0.717) is 25.3 Å². The van der Waals surface area contributed by atoms with Gasteiger partial charge < -0.3 is 9.64 Å². The fourth-order valence-corrected chi connectivity index (χ4v) is 5.64. The van der Waals surface area contributed by atoms with Crippen LogP contribution >= 0.6 is 0 Å². The number of likely N-dealkylation sites (tertiary alicyclic amines) is 1. The van der Waals surface area contributed by atoms with E-state index in [1.165, 1.54) is 31.4 Å². The van der Waals surface area contributed by atoms with Gasteiger partial charge in [0, 0.05) is 25.6 Å². The Morgan fingerprint density at radius 3 is 2.34 bits per heavy atom. The van der Waals surface area contributed by atoms with Crippen LogP contribution in [0.1, 0.15) is 32.1 Å². The number of nitrogens with zero attached hydrogens (tertiary/aromatic N) is 2. The summed E-state index contributed by atoms with van der Waals surface area (Å²) in [6.45, 7) is 1.41. The fraction of sp³-hybridized carbons (Fsp3) is 0.579. The molecule has 0 aromatic heterocycles. The van der Waals surface area contributed by atoms with Gasteiger partial charge in [0.25, 0.3) is 5.91 Å². The predicted octanol–water partition coefficient (Wildman–Crippen LogP) is 0.982. The molecule has 1 aromatic rings. The van der Waals surface area contributed by atoms with Gasteiger partial charge in [-0.1, -0.05) is 0 Å². The van der Waals surface area contributed by atoms with Crippen LogP contribution < -0.4 is 10.2 Å². The smallest absolute Gasteiger partial charge is 0.261 e. The first kappa shape index (κ1) is 21.5. The monoisotopic (exact) mass is 425 g/mol. The molecule has 0 unspecified atom stereocenters. The predicted molar refractivity (Wildman–Crippen MR) is 104 cm³/mol. The number of methoxy groups -OCH3 is 1. The summed E-state index contributed by atoms with van der Waals surface area (Å²) in [5.74, 6) is -0.808. The van der Waals surface area contributed by atoms with Crippen LogP contribution in [0.25, 0.3) is 0 Å². The molecule has 1 aromatic carbocycles. The van der Waals surface area contributed by atoms with Gasteiger partial charge in [0.2, 0.25) is 15.9 Å². The first-order valence-electron chi connectivity index (χ1n) is 9.77. The molecule has 0 saturated carbocycles. The Labute approximate surface area is 170 Å². The Morgan fingerprint density at radius 2 is 1.76 bits per heavy atom. The highest BCUT2D eigenvalue weighted by Gasteiger charge is 2.43. The molecular formula is C19H27N3O6S. The average Bonchev–Trinajstić information content (AvgIpc) is 2.78. The summed E-state index contributed by atoms with van der Waals surface area (Å²) in [4.78, 5) is 27.0. The molecule has 0 bridgehead atoms. The van der Waals surface area contributed by atoms with Crippen molar-refractivity contribution in [3.8, 4) is 5.75 Å². The molecular weight excluding hydrogens is 398 g/mol. The van der Waals surface area contributed by atoms with Gasteiger partial charge in [0.05, 0.1) is 12.0 Å². The summed E-state index contributed by atoms with van der Waals surface area (Å²) >= 11 is 0. The summed E-state index contributed by atoms with van der Waals surface area (Å²) in [5.41, 5.74) is 1.56. The van der Waals surface area contributed by atoms with Gasteiger partial charge in [0.1, 0.15) is 11.8 Å². The number of hydroxylamine groups is 1. The lowest BCUT2D eigenvalue weighted by Gasteiger charge is -2.39. The second kappa shape index (κ2) is 9.10. The zero-order chi connectivity index (χ0) is 21.0. The molecule has 10 heteroatoms. The molecule has 2 atom stereocenters. The van der Waals surface area contributed by atoms with Crippen LogP contribution in [0, 0.1) is 5.92 Å². The van der Waals surface area contributed by atoms with Gasteiger partial charge >= 0.3 is 0 Å².